The van der Waals surface area contributed by atoms with Gasteiger partial charge in [-0.15, -0.1) is 6.58 Å². The van der Waals surface area contributed by atoms with Crippen LogP contribution in [0, 0.1) is 0 Å². The second-order valence-corrected chi connectivity index (χ2v) is 5.34. The van der Waals surface area contributed by atoms with Gasteiger partial charge in [0.1, 0.15) is 6.04 Å². The van der Waals surface area contributed by atoms with Crippen molar-refractivity contribution >= 4 is 121 Å². The summed E-state index contributed by atoms with van der Waals surface area (Å²) in [5.74, 6) is -2.60. The van der Waals surface area contributed by atoms with Crippen LogP contribution in [0.2, 0.25) is 0 Å². The zero-order chi connectivity index (χ0) is 16.8. The summed E-state index contributed by atoms with van der Waals surface area (Å²) < 4.78 is 0. The van der Waals surface area contributed by atoms with E-state index < -0.39 is 18.0 Å². The Morgan fingerprint density at radius 1 is 0.917 bits per heavy atom. The molecule has 0 fully saturated rings. The quantitative estimate of drug-likeness (QED) is 0.239. The van der Waals surface area contributed by atoms with Gasteiger partial charge in [0.15, 0.2) is 0 Å². The van der Waals surface area contributed by atoms with Crippen molar-refractivity contribution in [1.82, 2.24) is 5.32 Å². The summed E-state index contributed by atoms with van der Waals surface area (Å²) in [4.78, 5) is 33.0. The van der Waals surface area contributed by atoms with Gasteiger partial charge in [-0.25, -0.2) is 4.79 Å². The van der Waals surface area contributed by atoms with Crippen LogP contribution in [0.15, 0.2) is 12.7 Å². The molecule has 1 amide bonds. The third-order valence-corrected chi connectivity index (χ3v) is 3.34. The van der Waals surface area contributed by atoms with Crippen LogP contribution in [-0.2, 0) is 14.4 Å². The first-order valence-electron chi connectivity index (χ1n) is 7.82. The molecule has 0 aromatic carbocycles. The Kier molecular flexibility index (Phi) is 26.1. The van der Waals surface area contributed by atoms with Crippen molar-refractivity contribution in [2.45, 2.75) is 70.3 Å². The Morgan fingerprint density at radius 2 is 1.46 bits per heavy atom. The predicted octanol–water partition coefficient (Wildman–Crippen LogP) is 1.97. The van der Waals surface area contributed by atoms with Crippen LogP contribution in [0.4, 0.5) is 0 Å². The molecular weight excluding hydrogens is 364 g/mol. The van der Waals surface area contributed by atoms with Gasteiger partial charge in [0.05, 0.1) is 0 Å². The van der Waals surface area contributed by atoms with Gasteiger partial charge < -0.3 is 15.5 Å². The number of rotatable bonds is 14. The Hall–Kier alpha value is 1.42. The van der Waals surface area contributed by atoms with Crippen LogP contribution >= 0.6 is 0 Å². The number of nitrogens with one attached hydrogen (secondary N) is 1. The third kappa shape index (κ3) is 19.7. The molecule has 0 aliphatic carbocycles. The Balaban J connectivity index is -0.00000220. The monoisotopic (exact) mass is 391 g/mol. The molecule has 128 valence electrons. The fourth-order valence-electron chi connectivity index (χ4n) is 2.07. The first-order chi connectivity index (χ1) is 10.5. The Bertz CT molecular complexity index is 377. The van der Waals surface area contributed by atoms with Crippen molar-refractivity contribution in [3.8, 4) is 0 Å². The maximum atomic E-state index is 11.6. The number of hydrogen-bond donors (Lipinski definition) is 3. The SMILES string of the molecule is C=CCCCCCCCCC(=O)N[C@@H](CCC(=O)O)C(=O)O.[K].[K]. The number of hydrogen-bond acceptors (Lipinski definition) is 3. The van der Waals surface area contributed by atoms with E-state index in [9.17, 15) is 14.4 Å². The smallest absolute Gasteiger partial charge is 0.326 e. The maximum absolute atomic E-state index is 11.6. The molecule has 0 aliphatic rings. The number of allylic oxidation sites excluding steroid dienone is 1. The van der Waals surface area contributed by atoms with Crippen LogP contribution < -0.4 is 5.32 Å². The number of unbranched alkanes of at least 4 members (excludes halogenated alkanes) is 6. The second-order valence-electron chi connectivity index (χ2n) is 5.34. The molecule has 0 aliphatic heterocycles. The average Bonchev–Trinajstić information content (AvgIpc) is 2.45. The molecule has 24 heavy (non-hydrogen) atoms. The minimum Gasteiger partial charge on any atom is -0.481 e. The topological polar surface area (TPSA) is 104 Å². The zero-order valence-corrected chi connectivity index (χ0v) is 21.3. The van der Waals surface area contributed by atoms with Crippen molar-refractivity contribution in [2.24, 2.45) is 0 Å². The molecule has 0 aromatic rings. The molecule has 3 N–H and O–H groups in total. The van der Waals surface area contributed by atoms with E-state index in [4.69, 9.17) is 10.2 Å². The van der Waals surface area contributed by atoms with Crippen molar-refractivity contribution in [3.63, 3.8) is 0 Å². The number of carbonyl (C=O) groups excluding carboxylic acids is 1. The van der Waals surface area contributed by atoms with Crippen molar-refractivity contribution < 1.29 is 24.6 Å². The van der Waals surface area contributed by atoms with Gasteiger partial charge in [0.2, 0.25) is 5.91 Å². The summed E-state index contributed by atoms with van der Waals surface area (Å²) in [5, 5.41) is 19.9. The number of carboxylic acids is 2. The standard InChI is InChI=1S/C16H27NO5.2K/c1-2-3-4-5-6-7-8-9-10-14(18)17-13(16(21)22)11-12-15(19)20;;/h2,13H,1,3-12H2,(H,17,18)(H,19,20)(H,21,22);;/t13-;;/m0../s1. The van der Waals surface area contributed by atoms with E-state index in [1.807, 2.05) is 6.08 Å². The van der Waals surface area contributed by atoms with Gasteiger partial charge in [0.25, 0.3) is 0 Å². The van der Waals surface area contributed by atoms with Gasteiger partial charge >= 0.3 is 11.9 Å². The molecule has 0 saturated heterocycles. The van der Waals surface area contributed by atoms with E-state index in [1.165, 1.54) is 0 Å². The molecule has 8 heteroatoms. The first kappa shape index (κ1) is 30.2. The molecule has 0 heterocycles. The summed E-state index contributed by atoms with van der Waals surface area (Å²) in [7, 11) is 0. The fourth-order valence-corrected chi connectivity index (χ4v) is 2.07. The summed E-state index contributed by atoms with van der Waals surface area (Å²) in [6, 6.07) is -1.12. The number of carbonyl (C=O) groups is 3. The number of amides is 1. The molecule has 0 saturated carbocycles. The van der Waals surface area contributed by atoms with Crippen LogP contribution in [0.1, 0.15) is 64.2 Å². The second kappa shape index (κ2) is 20.7. The van der Waals surface area contributed by atoms with E-state index >= 15 is 0 Å². The molecule has 0 aromatic heterocycles. The van der Waals surface area contributed by atoms with Gasteiger partial charge in [-0.3, -0.25) is 9.59 Å². The predicted molar refractivity (Wildman–Crippen MR) is 95.1 cm³/mol. The molecule has 1 atom stereocenters. The minimum atomic E-state index is -1.20. The van der Waals surface area contributed by atoms with E-state index in [-0.39, 0.29) is 128 Å². The maximum Gasteiger partial charge on any atom is 0.326 e. The summed E-state index contributed by atoms with van der Waals surface area (Å²) in [5.41, 5.74) is 0. The summed E-state index contributed by atoms with van der Waals surface area (Å²) in [6.45, 7) is 3.67. The third-order valence-electron chi connectivity index (χ3n) is 3.34. The van der Waals surface area contributed by atoms with E-state index in [0.717, 1.165) is 44.9 Å². The fraction of sp³-hybridized carbons (Fsp3) is 0.688. The molecule has 0 rings (SSSR count). The Labute approximate surface area is 229 Å². The van der Waals surface area contributed by atoms with E-state index in [1.54, 1.807) is 0 Å². The summed E-state index contributed by atoms with van der Waals surface area (Å²) in [6.07, 6.45) is 9.01. The minimum absolute atomic E-state index is 0. The van der Waals surface area contributed by atoms with Gasteiger partial charge in [-0.2, -0.15) is 0 Å². The summed E-state index contributed by atoms with van der Waals surface area (Å²) >= 11 is 0. The van der Waals surface area contributed by atoms with Crippen LogP contribution in [-0.4, -0.2) is 137 Å². The number of carboxylic acid groups (broad SMARTS) is 2. The Morgan fingerprint density at radius 3 is 1.96 bits per heavy atom. The molecule has 6 nitrogen and oxygen atoms in total. The largest absolute Gasteiger partial charge is 0.481 e. The first-order valence-corrected chi connectivity index (χ1v) is 7.82. The van der Waals surface area contributed by atoms with Crippen molar-refractivity contribution in [1.29, 1.82) is 0 Å². The number of aliphatic carboxylic acids is 2. The molecule has 0 spiro atoms. The molecule has 2 radical (unpaired) electrons. The van der Waals surface area contributed by atoms with Crippen LogP contribution in [0.25, 0.3) is 0 Å². The molecular formula is C16H27K2NO5. The normalized spacial score (nSPS) is 10.7. The van der Waals surface area contributed by atoms with Crippen LogP contribution in [0.3, 0.4) is 0 Å². The van der Waals surface area contributed by atoms with Crippen molar-refractivity contribution in [3.05, 3.63) is 12.7 Å². The van der Waals surface area contributed by atoms with Gasteiger partial charge in [-0.1, -0.05) is 31.8 Å². The van der Waals surface area contributed by atoms with Crippen molar-refractivity contribution in [2.75, 3.05) is 0 Å². The zero-order valence-electron chi connectivity index (χ0n) is 15.1. The van der Waals surface area contributed by atoms with E-state index in [2.05, 4.69) is 11.9 Å². The van der Waals surface area contributed by atoms with Gasteiger partial charge in [0, 0.05) is 116 Å². The van der Waals surface area contributed by atoms with Crippen LogP contribution in [0.5, 0.6) is 0 Å². The van der Waals surface area contributed by atoms with E-state index in [0.29, 0.717) is 0 Å². The molecule has 0 unspecified atom stereocenters. The average molecular weight is 392 g/mol. The van der Waals surface area contributed by atoms with Gasteiger partial charge in [-0.05, 0) is 25.7 Å². The molecule has 0 bridgehead atoms.